The van der Waals surface area contributed by atoms with E-state index in [2.05, 4.69) is 15.5 Å². The average Bonchev–Trinajstić information content (AvgIpc) is 3.44. The van der Waals surface area contributed by atoms with Crippen LogP contribution in [0.15, 0.2) is 33.7 Å². The van der Waals surface area contributed by atoms with Crippen LogP contribution in [-0.2, 0) is 16.6 Å². The van der Waals surface area contributed by atoms with Gasteiger partial charge in [-0.3, -0.25) is 0 Å². The molecular formula is C18H24N4O3S. The van der Waals surface area contributed by atoms with E-state index in [-0.39, 0.29) is 0 Å². The van der Waals surface area contributed by atoms with Gasteiger partial charge in [-0.1, -0.05) is 18.0 Å². The van der Waals surface area contributed by atoms with E-state index >= 15 is 0 Å². The van der Waals surface area contributed by atoms with E-state index < -0.39 is 10.0 Å². The molecule has 1 aliphatic carbocycles. The Bertz CT molecular complexity index is 836. The fourth-order valence-corrected chi connectivity index (χ4v) is 4.72. The molecule has 2 fully saturated rings. The number of rotatable bonds is 6. The maximum atomic E-state index is 12.8. The fourth-order valence-electron chi connectivity index (χ4n) is 3.20. The van der Waals surface area contributed by atoms with Crippen molar-refractivity contribution in [3.63, 3.8) is 0 Å². The highest BCUT2D eigenvalue weighted by Gasteiger charge is 2.28. The van der Waals surface area contributed by atoms with Gasteiger partial charge in [0.2, 0.25) is 15.9 Å². The van der Waals surface area contributed by atoms with Crippen molar-refractivity contribution in [1.82, 2.24) is 14.4 Å². The molecule has 0 radical (unpaired) electrons. The van der Waals surface area contributed by atoms with Gasteiger partial charge in [-0.15, -0.1) is 0 Å². The van der Waals surface area contributed by atoms with Gasteiger partial charge >= 0.3 is 0 Å². The lowest BCUT2D eigenvalue weighted by Crippen LogP contribution is -2.31. The highest BCUT2D eigenvalue weighted by molar-refractivity contribution is 7.89. The lowest BCUT2D eigenvalue weighted by Gasteiger charge is -2.20. The second-order valence-electron chi connectivity index (χ2n) is 7.02. The Labute approximate surface area is 153 Å². The highest BCUT2D eigenvalue weighted by Crippen LogP contribution is 2.38. The summed E-state index contributed by atoms with van der Waals surface area (Å²) >= 11 is 0. The van der Waals surface area contributed by atoms with E-state index in [1.165, 1.54) is 0 Å². The Kier molecular flexibility index (Phi) is 4.95. The molecule has 1 saturated carbocycles. The van der Waals surface area contributed by atoms with Gasteiger partial charge in [0, 0.05) is 24.7 Å². The van der Waals surface area contributed by atoms with E-state index in [0.29, 0.717) is 36.3 Å². The van der Waals surface area contributed by atoms with Crippen molar-refractivity contribution >= 4 is 15.7 Å². The van der Waals surface area contributed by atoms with Crippen LogP contribution in [0.25, 0.3) is 0 Å². The van der Waals surface area contributed by atoms with Gasteiger partial charge in [0.05, 0.1) is 11.4 Å². The number of aromatic nitrogens is 2. The van der Waals surface area contributed by atoms with Gasteiger partial charge in [-0.25, -0.2) is 8.42 Å². The van der Waals surface area contributed by atoms with Crippen LogP contribution in [0, 0.1) is 0 Å². The summed E-state index contributed by atoms with van der Waals surface area (Å²) in [5, 5.41) is 7.18. The van der Waals surface area contributed by atoms with E-state index in [4.69, 9.17) is 4.52 Å². The number of hydrogen-bond donors (Lipinski definition) is 1. The monoisotopic (exact) mass is 376 g/mol. The summed E-state index contributed by atoms with van der Waals surface area (Å²) in [7, 11) is -3.40. The Morgan fingerprint density at radius 3 is 2.42 bits per heavy atom. The van der Waals surface area contributed by atoms with Gasteiger partial charge in [-0.05, 0) is 49.9 Å². The molecule has 0 unspecified atom stereocenters. The molecule has 2 aliphatic rings. The number of sulfonamides is 1. The minimum atomic E-state index is -3.40. The van der Waals surface area contributed by atoms with E-state index in [1.807, 2.05) is 0 Å². The summed E-state index contributed by atoms with van der Waals surface area (Å²) in [4.78, 5) is 4.72. The molecule has 140 valence electrons. The van der Waals surface area contributed by atoms with Gasteiger partial charge in [-0.2, -0.15) is 9.29 Å². The van der Waals surface area contributed by atoms with Gasteiger partial charge < -0.3 is 9.84 Å². The zero-order chi connectivity index (χ0) is 18.0. The maximum Gasteiger partial charge on any atom is 0.245 e. The first-order valence-electron chi connectivity index (χ1n) is 9.29. The van der Waals surface area contributed by atoms with Crippen molar-refractivity contribution in [2.75, 3.05) is 18.4 Å². The summed E-state index contributed by atoms with van der Waals surface area (Å²) in [6, 6.07) is 6.88. The molecule has 8 heteroatoms. The predicted octanol–water partition coefficient (Wildman–Crippen LogP) is 3.12. The third-order valence-corrected chi connectivity index (χ3v) is 6.84. The first-order valence-corrected chi connectivity index (χ1v) is 10.7. The van der Waals surface area contributed by atoms with Gasteiger partial charge in [0.25, 0.3) is 0 Å². The van der Waals surface area contributed by atoms with Crippen LogP contribution in [0.4, 0.5) is 5.69 Å². The number of anilines is 1. The Hall–Kier alpha value is -1.93. The summed E-state index contributed by atoms with van der Waals surface area (Å²) < 4.78 is 32.4. The average molecular weight is 376 g/mol. The van der Waals surface area contributed by atoms with E-state index in [0.717, 1.165) is 50.0 Å². The molecule has 1 aliphatic heterocycles. The minimum absolute atomic E-state index is 0.346. The maximum absolute atomic E-state index is 12.8. The molecule has 0 amide bonds. The first kappa shape index (κ1) is 17.5. The van der Waals surface area contributed by atoms with Crippen LogP contribution >= 0.6 is 0 Å². The van der Waals surface area contributed by atoms with Crippen molar-refractivity contribution in [2.24, 2.45) is 0 Å². The van der Waals surface area contributed by atoms with Gasteiger partial charge in [0.15, 0.2) is 5.82 Å². The third-order valence-electron chi connectivity index (χ3n) is 4.93. The minimum Gasteiger partial charge on any atom is -0.376 e. The lowest BCUT2D eigenvalue weighted by molar-refractivity contribution is 0.378. The Balaban J connectivity index is 1.39. The van der Waals surface area contributed by atoms with E-state index in [1.54, 1.807) is 28.6 Å². The van der Waals surface area contributed by atoms with Crippen LogP contribution < -0.4 is 5.32 Å². The molecule has 1 aromatic carbocycles. The highest BCUT2D eigenvalue weighted by atomic mass is 32.2. The van der Waals surface area contributed by atoms with Crippen LogP contribution in [0.2, 0.25) is 0 Å². The molecule has 7 nitrogen and oxygen atoms in total. The second-order valence-corrected chi connectivity index (χ2v) is 8.95. The van der Waals surface area contributed by atoms with Crippen LogP contribution in [0.3, 0.4) is 0 Å². The standard InChI is InChI=1S/C18H24N4O3S/c23-26(24,22-11-3-1-2-4-12-22)16-9-7-15(8-10-16)19-13-17-20-18(21-25-17)14-5-6-14/h7-10,14,19H,1-6,11-13H2. The molecule has 1 aromatic heterocycles. The summed E-state index contributed by atoms with van der Waals surface area (Å²) in [6.45, 7) is 1.66. The quantitative estimate of drug-likeness (QED) is 0.833. The van der Waals surface area contributed by atoms with E-state index in [9.17, 15) is 8.42 Å². The van der Waals surface area contributed by atoms with Crippen LogP contribution in [-0.4, -0.2) is 36.0 Å². The molecule has 0 spiro atoms. The number of hydrogen-bond acceptors (Lipinski definition) is 6. The third kappa shape index (κ3) is 3.91. The zero-order valence-corrected chi connectivity index (χ0v) is 15.5. The summed E-state index contributed by atoms with van der Waals surface area (Å²) in [5.41, 5.74) is 0.825. The smallest absolute Gasteiger partial charge is 0.245 e. The SMILES string of the molecule is O=S(=O)(c1ccc(NCc2nc(C3CC3)no2)cc1)N1CCCCCC1. The van der Waals surface area contributed by atoms with Gasteiger partial charge in [0.1, 0.15) is 0 Å². The number of nitrogens with zero attached hydrogens (tertiary/aromatic N) is 3. The molecule has 1 saturated heterocycles. The first-order chi connectivity index (χ1) is 12.6. The Morgan fingerprint density at radius 2 is 1.77 bits per heavy atom. The molecular weight excluding hydrogens is 352 g/mol. The molecule has 2 aromatic rings. The molecule has 1 N–H and O–H groups in total. The zero-order valence-electron chi connectivity index (χ0n) is 14.7. The van der Waals surface area contributed by atoms with Crippen molar-refractivity contribution in [1.29, 1.82) is 0 Å². The topological polar surface area (TPSA) is 88.3 Å². The largest absolute Gasteiger partial charge is 0.376 e. The summed E-state index contributed by atoms with van der Waals surface area (Å²) in [5.74, 6) is 1.81. The van der Waals surface area contributed by atoms with Crippen LogP contribution in [0.5, 0.6) is 0 Å². The summed E-state index contributed by atoms with van der Waals surface area (Å²) in [6.07, 6.45) is 6.36. The molecule has 0 atom stereocenters. The Morgan fingerprint density at radius 1 is 1.08 bits per heavy atom. The van der Waals surface area contributed by atoms with Crippen LogP contribution in [0.1, 0.15) is 56.2 Å². The fraction of sp³-hybridized carbons (Fsp3) is 0.556. The van der Waals surface area contributed by atoms with Crippen molar-refractivity contribution in [2.45, 2.75) is 55.9 Å². The normalized spacial score (nSPS) is 19.2. The van der Waals surface area contributed by atoms with Crippen molar-refractivity contribution in [3.05, 3.63) is 36.0 Å². The molecule has 2 heterocycles. The molecule has 4 rings (SSSR count). The molecule has 0 bridgehead atoms. The lowest BCUT2D eigenvalue weighted by atomic mass is 10.2. The van der Waals surface area contributed by atoms with Crippen molar-refractivity contribution in [3.8, 4) is 0 Å². The predicted molar refractivity (Wildman–Crippen MR) is 97.3 cm³/mol. The number of nitrogens with one attached hydrogen (secondary N) is 1. The second kappa shape index (κ2) is 7.36. The van der Waals surface area contributed by atoms with Crippen molar-refractivity contribution < 1.29 is 12.9 Å². The molecule has 26 heavy (non-hydrogen) atoms. The number of benzene rings is 1.